The number of nitrogens with one attached hydrogen (secondary N) is 1. The minimum Gasteiger partial charge on any atom is -0.461 e. The van der Waals surface area contributed by atoms with Crippen molar-refractivity contribution in [3.05, 3.63) is 71.8 Å². The van der Waals surface area contributed by atoms with E-state index in [0.29, 0.717) is 24.0 Å². The van der Waals surface area contributed by atoms with E-state index in [9.17, 15) is 9.59 Å². The van der Waals surface area contributed by atoms with Crippen molar-refractivity contribution >= 4 is 12.3 Å². The van der Waals surface area contributed by atoms with Crippen molar-refractivity contribution < 1.29 is 14.3 Å². The lowest BCUT2D eigenvalue weighted by Crippen LogP contribution is -2.40. The summed E-state index contributed by atoms with van der Waals surface area (Å²) in [6.45, 7) is 10.2. The normalized spacial score (nSPS) is 11.0. The van der Waals surface area contributed by atoms with E-state index in [0.717, 1.165) is 31.2 Å². The predicted octanol–water partition coefficient (Wildman–Crippen LogP) is 5.64. The van der Waals surface area contributed by atoms with Crippen LogP contribution in [0.15, 0.2) is 60.7 Å². The Morgan fingerprint density at radius 3 is 1.83 bits per heavy atom. The van der Waals surface area contributed by atoms with Crippen LogP contribution in [0.3, 0.4) is 0 Å². The molecule has 0 aliphatic carbocycles. The molecule has 0 bridgehead atoms. The van der Waals surface area contributed by atoms with Gasteiger partial charge in [-0.3, -0.25) is 4.79 Å². The highest BCUT2D eigenvalue weighted by Crippen LogP contribution is 2.34. The van der Waals surface area contributed by atoms with E-state index in [2.05, 4.69) is 33.0 Å². The molecule has 2 rings (SSSR count). The number of hydrogen-bond donors (Lipinski definition) is 1. The van der Waals surface area contributed by atoms with Crippen LogP contribution in [0.5, 0.6) is 0 Å². The van der Waals surface area contributed by atoms with Crippen molar-refractivity contribution in [3.8, 4) is 0 Å². The summed E-state index contributed by atoms with van der Waals surface area (Å²) in [6.07, 6.45) is 2.93. The third kappa shape index (κ3) is 9.84. The molecule has 0 aliphatic heterocycles. The van der Waals surface area contributed by atoms with Crippen LogP contribution in [0, 0.1) is 17.3 Å². The van der Waals surface area contributed by atoms with Gasteiger partial charge in [0, 0.05) is 17.5 Å². The largest absolute Gasteiger partial charge is 0.461 e. The Kier molecular flexibility index (Phi) is 11.7. The van der Waals surface area contributed by atoms with Crippen molar-refractivity contribution in [1.82, 2.24) is 5.32 Å². The van der Waals surface area contributed by atoms with Gasteiger partial charge in [0.1, 0.15) is 6.29 Å². The van der Waals surface area contributed by atoms with Crippen molar-refractivity contribution in [3.63, 3.8) is 0 Å². The van der Waals surface area contributed by atoms with Crippen molar-refractivity contribution in [2.24, 2.45) is 17.3 Å². The summed E-state index contributed by atoms with van der Waals surface area (Å²) in [4.78, 5) is 22.2. The van der Waals surface area contributed by atoms with Crippen molar-refractivity contribution in [2.45, 2.75) is 40.5 Å². The Balaban J connectivity index is 0.000000467. The number of aldehydes is 1. The maximum Gasteiger partial charge on any atom is 0.338 e. The van der Waals surface area contributed by atoms with Gasteiger partial charge in [-0.2, -0.15) is 0 Å². The zero-order chi connectivity index (χ0) is 22.4. The van der Waals surface area contributed by atoms with Crippen LogP contribution in [0.1, 0.15) is 61.3 Å². The van der Waals surface area contributed by atoms with Crippen LogP contribution in [-0.2, 0) is 4.74 Å². The van der Waals surface area contributed by atoms with Crippen molar-refractivity contribution in [2.75, 3.05) is 20.2 Å². The maximum atomic E-state index is 12.2. The van der Waals surface area contributed by atoms with Gasteiger partial charge in [-0.1, -0.05) is 76.2 Å². The van der Waals surface area contributed by atoms with Gasteiger partial charge in [0.05, 0.1) is 12.2 Å². The lowest BCUT2D eigenvalue weighted by molar-refractivity contribution is 0.0166. The van der Waals surface area contributed by atoms with Gasteiger partial charge in [-0.25, -0.2) is 4.79 Å². The molecule has 4 heteroatoms. The van der Waals surface area contributed by atoms with E-state index >= 15 is 0 Å². The molecule has 0 atom stereocenters. The summed E-state index contributed by atoms with van der Waals surface area (Å²) in [6, 6.07) is 18.3. The highest BCUT2D eigenvalue weighted by atomic mass is 16.5. The standard InChI is InChI=1S/C19H31NO2.C7H6O/c1-15(2)11-19(13-20-5,12-16(3)4)14-22-18(21)17-9-7-6-8-10-17;8-6-7-4-2-1-3-5-7/h6-10,15-16,20H,11-14H2,1-5H3;1-6H. The quantitative estimate of drug-likeness (QED) is 0.406. The van der Waals surface area contributed by atoms with Gasteiger partial charge in [0.25, 0.3) is 0 Å². The molecule has 2 aromatic carbocycles. The third-order valence-corrected chi connectivity index (χ3v) is 4.69. The highest BCUT2D eigenvalue weighted by Gasteiger charge is 2.33. The molecular weight excluding hydrogens is 374 g/mol. The summed E-state index contributed by atoms with van der Waals surface area (Å²) < 4.78 is 5.67. The smallest absolute Gasteiger partial charge is 0.338 e. The first kappa shape index (κ1) is 25.6. The minimum absolute atomic E-state index is 0.00151. The molecule has 4 nitrogen and oxygen atoms in total. The summed E-state index contributed by atoms with van der Waals surface area (Å²) in [5.41, 5.74) is 1.35. The molecule has 0 unspecified atom stereocenters. The van der Waals surface area contributed by atoms with Gasteiger partial charge >= 0.3 is 5.97 Å². The molecule has 0 amide bonds. The summed E-state index contributed by atoms with van der Waals surface area (Å²) in [5, 5.41) is 3.29. The summed E-state index contributed by atoms with van der Waals surface area (Å²) in [7, 11) is 1.97. The molecule has 0 saturated heterocycles. The monoisotopic (exact) mass is 411 g/mol. The van der Waals surface area contributed by atoms with Crippen LogP contribution >= 0.6 is 0 Å². The van der Waals surface area contributed by atoms with Gasteiger partial charge in [0.2, 0.25) is 0 Å². The molecule has 30 heavy (non-hydrogen) atoms. The van der Waals surface area contributed by atoms with Crippen molar-refractivity contribution in [1.29, 1.82) is 0 Å². The Morgan fingerprint density at radius 1 is 0.933 bits per heavy atom. The predicted molar refractivity (Wildman–Crippen MR) is 124 cm³/mol. The lowest BCUT2D eigenvalue weighted by Gasteiger charge is -2.36. The molecule has 0 radical (unpaired) electrons. The van der Waals surface area contributed by atoms with Gasteiger partial charge < -0.3 is 10.1 Å². The van der Waals surface area contributed by atoms with Gasteiger partial charge in [-0.15, -0.1) is 0 Å². The van der Waals surface area contributed by atoms with Crippen LogP contribution in [-0.4, -0.2) is 32.5 Å². The van der Waals surface area contributed by atoms with E-state index in [1.54, 1.807) is 24.3 Å². The molecule has 164 valence electrons. The highest BCUT2D eigenvalue weighted by molar-refractivity contribution is 5.89. The summed E-state index contributed by atoms with van der Waals surface area (Å²) >= 11 is 0. The second-order valence-corrected chi connectivity index (χ2v) is 8.70. The zero-order valence-electron chi connectivity index (χ0n) is 19.1. The molecule has 0 aromatic heterocycles. The first-order chi connectivity index (χ1) is 14.3. The fraction of sp³-hybridized carbons (Fsp3) is 0.462. The number of rotatable bonds is 10. The first-order valence-corrected chi connectivity index (χ1v) is 10.7. The van der Waals surface area contributed by atoms with Crippen LogP contribution in [0.4, 0.5) is 0 Å². The molecule has 1 N–H and O–H groups in total. The number of carbonyl (C=O) groups excluding carboxylic acids is 2. The van der Waals surface area contributed by atoms with E-state index in [1.807, 2.05) is 43.4 Å². The Morgan fingerprint density at radius 2 is 1.43 bits per heavy atom. The molecule has 0 saturated carbocycles. The number of esters is 1. The fourth-order valence-corrected chi connectivity index (χ4v) is 3.91. The minimum atomic E-state index is -0.228. The second kappa shape index (κ2) is 13.7. The van der Waals surface area contributed by atoms with E-state index in [-0.39, 0.29) is 11.4 Å². The number of carbonyl (C=O) groups is 2. The Hall–Kier alpha value is -2.46. The SMILES string of the molecule is CNCC(COC(=O)c1ccccc1)(CC(C)C)CC(C)C.O=Cc1ccccc1. The molecule has 2 aromatic rings. The van der Waals surface area contributed by atoms with Gasteiger partial charge in [0.15, 0.2) is 0 Å². The second-order valence-electron chi connectivity index (χ2n) is 8.70. The molecule has 0 spiro atoms. The summed E-state index contributed by atoms with van der Waals surface area (Å²) in [5.74, 6) is 0.915. The van der Waals surface area contributed by atoms with E-state index in [1.165, 1.54) is 0 Å². The van der Waals surface area contributed by atoms with Crippen LogP contribution in [0.25, 0.3) is 0 Å². The number of benzene rings is 2. The third-order valence-electron chi connectivity index (χ3n) is 4.69. The fourth-order valence-electron chi connectivity index (χ4n) is 3.91. The molecular formula is C26H37NO3. The Bertz CT molecular complexity index is 716. The maximum absolute atomic E-state index is 12.2. The molecule has 0 aliphatic rings. The topological polar surface area (TPSA) is 55.4 Å². The average molecular weight is 412 g/mol. The van der Waals surface area contributed by atoms with E-state index in [4.69, 9.17) is 4.74 Å². The van der Waals surface area contributed by atoms with Crippen LogP contribution in [0.2, 0.25) is 0 Å². The van der Waals surface area contributed by atoms with Gasteiger partial charge in [-0.05, 0) is 43.9 Å². The zero-order valence-corrected chi connectivity index (χ0v) is 19.1. The van der Waals surface area contributed by atoms with Crippen LogP contribution < -0.4 is 5.32 Å². The average Bonchev–Trinajstić information content (AvgIpc) is 2.73. The molecule has 0 heterocycles. The first-order valence-electron chi connectivity index (χ1n) is 10.7. The molecule has 0 fully saturated rings. The Labute approximate surface area is 182 Å². The number of hydrogen-bond acceptors (Lipinski definition) is 4. The van der Waals surface area contributed by atoms with E-state index < -0.39 is 0 Å². The lowest BCUT2D eigenvalue weighted by atomic mass is 9.74. The number of ether oxygens (including phenoxy) is 1.